The van der Waals surface area contributed by atoms with Gasteiger partial charge in [-0.25, -0.2) is 9.79 Å². The van der Waals surface area contributed by atoms with Crippen LogP contribution >= 0.6 is 23.6 Å². The quantitative estimate of drug-likeness (QED) is 0.647. The van der Waals surface area contributed by atoms with E-state index < -0.39 is 23.7 Å². The lowest BCUT2D eigenvalue weighted by Crippen LogP contribution is -2.54. The highest BCUT2D eigenvalue weighted by Crippen LogP contribution is 2.22. The molecular weight excluding hydrogens is 350 g/mol. The Bertz CT molecular complexity index is 824. The zero-order valence-corrected chi connectivity index (χ0v) is 14.0. The largest absolute Gasteiger partial charge is 0.465 e. The number of fused-ring (bicyclic) bond motifs is 1. The van der Waals surface area contributed by atoms with Crippen LogP contribution in [-0.4, -0.2) is 40.7 Å². The lowest BCUT2D eigenvalue weighted by atomic mass is 9.92. The molecule has 2 aliphatic rings. The molecule has 0 aromatic carbocycles. The van der Waals surface area contributed by atoms with Crippen LogP contribution in [-0.2, 0) is 14.3 Å². The summed E-state index contributed by atoms with van der Waals surface area (Å²) in [6, 6.07) is 3.37. The normalized spacial score (nSPS) is 19.4. The molecule has 0 bridgehead atoms. The maximum atomic E-state index is 12.6. The van der Waals surface area contributed by atoms with E-state index in [4.69, 9.17) is 12.2 Å². The SMILES string of the molecule is COC(=O)C1=CC2=NC(=S)N(NC(=O)c3cccs3)C(=O)C2C=C1. The zero-order valence-electron chi connectivity index (χ0n) is 12.4. The van der Waals surface area contributed by atoms with Crippen molar-refractivity contribution in [3.63, 3.8) is 0 Å². The molecule has 1 aromatic rings. The minimum absolute atomic E-state index is 0.0908. The van der Waals surface area contributed by atoms with Gasteiger partial charge in [0.2, 0.25) is 5.11 Å². The molecule has 1 aromatic heterocycles. The van der Waals surface area contributed by atoms with E-state index in [1.165, 1.54) is 36.7 Å². The Morgan fingerprint density at radius 2 is 2.25 bits per heavy atom. The molecule has 0 spiro atoms. The summed E-state index contributed by atoms with van der Waals surface area (Å²) in [5, 5.41) is 2.61. The molecule has 1 unspecified atom stereocenters. The van der Waals surface area contributed by atoms with Gasteiger partial charge in [-0.15, -0.1) is 11.3 Å². The molecular formula is C15H11N3O4S2. The Labute approximate surface area is 146 Å². The number of carbonyl (C=O) groups is 3. The molecule has 1 atom stereocenters. The third-order valence-electron chi connectivity index (χ3n) is 3.37. The van der Waals surface area contributed by atoms with Crippen molar-refractivity contribution in [3.8, 4) is 0 Å². The third-order valence-corrected chi connectivity index (χ3v) is 4.51. The number of rotatable bonds is 3. The van der Waals surface area contributed by atoms with Gasteiger partial charge in [0.25, 0.3) is 11.8 Å². The van der Waals surface area contributed by atoms with Gasteiger partial charge in [-0.05, 0) is 29.7 Å². The van der Waals surface area contributed by atoms with Crippen LogP contribution in [0.1, 0.15) is 9.67 Å². The van der Waals surface area contributed by atoms with Crippen molar-refractivity contribution in [2.24, 2.45) is 10.9 Å². The number of nitrogens with one attached hydrogen (secondary N) is 1. The highest BCUT2D eigenvalue weighted by Gasteiger charge is 2.36. The van der Waals surface area contributed by atoms with Crippen molar-refractivity contribution in [2.45, 2.75) is 0 Å². The van der Waals surface area contributed by atoms with E-state index in [0.29, 0.717) is 10.6 Å². The summed E-state index contributed by atoms with van der Waals surface area (Å²) >= 11 is 6.34. The van der Waals surface area contributed by atoms with Gasteiger partial charge in [-0.2, -0.15) is 5.01 Å². The number of hydrogen-bond donors (Lipinski definition) is 1. The van der Waals surface area contributed by atoms with Gasteiger partial charge >= 0.3 is 5.97 Å². The van der Waals surface area contributed by atoms with Crippen LogP contribution in [0.15, 0.2) is 46.3 Å². The van der Waals surface area contributed by atoms with E-state index in [0.717, 1.165) is 5.01 Å². The minimum Gasteiger partial charge on any atom is -0.465 e. The van der Waals surface area contributed by atoms with Crippen LogP contribution in [0.5, 0.6) is 0 Å². The lowest BCUT2D eigenvalue weighted by Gasteiger charge is -2.30. The fourth-order valence-corrected chi connectivity index (χ4v) is 3.07. The predicted octanol–water partition coefficient (Wildman–Crippen LogP) is 1.25. The molecule has 9 heteroatoms. The standard InChI is InChI=1S/C15H11N3O4S2/c1-22-14(21)8-4-5-9-10(7-8)16-15(23)18(13(9)20)17-12(19)11-3-2-6-24-11/h2-7,9H,1H3,(H,17,19). The Hall–Kier alpha value is -2.65. The van der Waals surface area contributed by atoms with E-state index in [1.54, 1.807) is 17.5 Å². The number of thiocarbonyl (C=S) groups is 1. The first kappa shape index (κ1) is 16.2. The van der Waals surface area contributed by atoms with Gasteiger partial charge in [-0.3, -0.25) is 15.0 Å². The number of nitrogens with zero attached hydrogens (tertiary/aromatic N) is 2. The van der Waals surface area contributed by atoms with Crippen molar-refractivity contribution in [1.82, 2.24) is 10.4 Å². The zero-order chi connectivity index (χ0) is 17.3. The molecule has 3 rings (SSSR count). The Balaban J connectivity index is 1.84. The lowest BCUT2D eigenvalue weighted by molar-refractivity contribution is -0.136. The second-order valence-electron chi connectivity index (χ2n) is 4.84. The van der Waals surface area contributed by atoms with Crippen molar-refractivity contribution >= 4 is 52.2 Å². The van der Waals surface area contributed by atoms with E-state index >= 15 is 0 Å². The van der Waals surface area contributed by atoms with E-state index in [1.807, 2.05) is 0 Å². The van der Waals surface area contributed by atoms with Crippen molar-refractivity contribution in [2.75, 3.05) is 7.11 Å². The first-order valence-electron chi connectivity index (χ1n) is 6.80. The summed E-state index contributed by atoms with van der Waals surface area (Å²) in [4.78, 5) is 40.8. The molecule has 1 N–H and O–H groups in total. The highest BCUT2D eigenvalue weighted by atomic mass is 32.1. The number of esters is 1. The predicted molar refractivity (Wildman–Crippen MR) is 91.4 cm³/mol. The van der Waals surface area contributed by atoms with E-state index in [-0.39, 0.29) is 10.7 Å². The summed E-state index contributed by atoms with van der Waals surface area (Å²) in [6.07, 6.45) is 4.47. The Morgan fingerprint density at radius 3 is 2.92 bits per heavy atom. The maximum absolute atomic E-state index is 12.6. The smallest absolute Gasteiger partial charge is 0.337 e. The van der Waals surface area contributed by atoms with Gasteiger partial charge in [-0.1, -0.05) is 18.2 Å². The maximum Gasteiger partial charge on any atom is 0.337 e. The number of hydrazine groups is 1. The third kappa shape index (κ3) is 2.91. The van der Waals surface area contributed by atoms with Gasteiger partial charge in [0.15, 0.2) is 0 Å². The summed E-state index contributed by atoms with van der Waals surface area (Å²) in [7, 11) is 1.27. The molecule has 2 amide bonds. The molecule has 1 aliphatic heterocycles. The second kappa shape index (κ2) is 6.46. The van der Waals surface area contributed by atoms with Gasteiger partial charge in [0, 0.05) is 0 Å². The summed E-state index contributed by atoms with van der Waals surface area (Å²) < 4.78 is 4.64. The fourth-order valence-electron chi connectivity index (χ4n) is 2.21. The monoisotopic (exact) mass is 361 g/mol. The van der Waals surface area contributed by atoms with Crippen LogP contribution in [0.25, 0.3) is 0 Å². The van der Waals surface area contributed by atoms with Crippen molar-refractivity contribution < 1.29 is 19.1 Å². The number of amides is 2. The van der Waals surface area contributed by atoms with E-state index in [2.05, 4.69) is 15.2 Å². The minimum atomic E-state index is -0.714. The van der Waals surface area contributed by atoms with Gasteiger partial charge in [0.1, 0.15) is 5.92 Å². The van der Waals surface area contributed by atoms with Crippen LogP contribution < -0.4 is 5.43 Å². The average Bonchev–Trinajstić information content (AvgIpc) is 3.11. The van der Waals surface area contributed by atoms with Crippen LogP contribution in [0.2, 0.25) is 0 Å². The molecule has 24 heavy (non-hydrogen) atoms. The number of methoxy groups -OCH3 is 1. The fraction of sp³-hybridized carbons (Fsp3) is 0.133. The number of allylic oxidation sites excluding steroid dienone is 1. The molecule has 7 nitrogen and oxygen atoms in total. The van der Waals surface area contributed by atoms with Gasteiger partial charge in [0.05, 0.1) is 23.3 Å². The topological polar surface area (TPSA) is 88.1 Å². The van der Waals surface area contributed by atoms with Crippen molar-refractivity contribution in [1.29, 1.82) is 0 Å². The Morgan fingerprint density at radius 1 is 1.46 bits per heavy atom. The van der Waals surface area contributed by atoms with Gasteiger partial charge < -0.3 is 4.74 Å². The first-order chi connectivity index (χ1) is 11.5. The summed E-state index contributed by atoms with van der Waals surface area (Å²) in [5.41, 5.74) is 3.08. The molecule has 0 saturated heterocycles. The number of ether oxygens (including phenoxy) is 1. The molecule has 0 radical (unpaired) electrons. The van der Waals surface area contributed by atoms with E-state index in [9.17, 15) is 14.4 Å². The average molecular weight is 361 g/mol. The first-order valence-corrected chi connectivity index (χ1v) is 8.09. The van der Waals surface area contributed by atoms with Crippen LogP contribution in [0.3, 0.4) is 0 Å². The van der Waals surface area contributed by atoms with Crippen molar-refractivity contribution in [3.05, 3.63) is 46.2 Å². The number of carbonyl (C=O) groups excluding carboxylic acids is 3. The van der Waals surface area contributed by atoms with Crippen LogP contribution in [0.4, 0.5) is 0 Å². The number of hydrogen-bond acceptors (Lipinski definition) is 6. The second-order valence-corrected chi connectivity index (χ2v) is 6.15. The number of aliphatic imine (C=N–C) groups is 1. The summed E-state index contributed by atoms with van der Waals surface area (Å²) in [5.74, 6) is -2.12. The highest BCUT2D eigenvalue weighted by molar-refractivity contribution is 7.80. The molecule has 2 heterocycles. The Kier molecular flexibility index (Phi) is 4.36. The molecule has 122 valence electrons. The number of thiophene rings is 1. The molecule has 0 fully saturated rings. The molecule has 1 aliphatic carbocycles. The molecule has 0 saturated carbocycles. The summed E-state index contributed by atoms with van der Waals surface area (Å²) in [6.45, 7) is 0. The van der Waals surface area contributed by atoms with Crippen LogP contribution in [0, 0.1) is 5.92 Å².